The Kier molecular flexibility index (Phi) is 3.11. The molecule has 1 aromatic carbocycles. The second-order valence-electron chi connectivity index (χ2n) is 4.30. The standard InChI is InChI=1S/C13H11N5OS/c1-7-8(2)17-18-13(15-7)16-12(19)9-3-4-10-11(5-9)20-6-14-10/h3-6H,1-2H3,(H,15,16,18,19). The molecular formula is C13H11N5OS. The zero-order valence-corrected chi connectivity index (χ0v) is 11.7. The number of aryl methyl sites for hydroxylation is 2. The minimum Gasteiger partial charge on any atom is -0.289 e. The molecule has 7 heteroatoms. The quantitative estimate of drug-likeness (QED) is 0.781. The molecule has 0 aliphatic rings. The molecule has 0 aliphatic heterocycles. The summed E-state index contributed by atoms with van der Waals surface area (Å²) in [6.07, 6.45) is 0. The Balaban J connectivity index is 1.86. The number of rotatable bonds is 2. The fraction of sp³-hybridized carbons (Fsp3) is 0.154. The number of aromatic nitrogens is 4. The van der Waals surface area contributed by atoms with E-state index in [2.05, 4.69) is 25.5 Å². The van der Waals surface area contributed by atoms with E-state index in [-0.39, 0.29) is 11.9 Å². The molecule has 3 rings (SSSR count). The fourth-order valence-corrected chi connectivity index (χ4v) is 2.40. The van der Waals surface area contributed by atoms with Crippen LogP contribution < -0.4 is 5.32 Å². The van der Waals surface area contributed by atoms with Gasteiger partial charge in [0.15, 0.2) is 0 Å². The molecule has 20 heavy (non-hydrogen) atoms. The van der Waals surface area contributed by atoms with Crippen LogP contribution in [0, 0.1) is 13.8 Å². The summed E-state index contributed by atoms with van der Waals surface area (Å²) < 4.78 is 0.969. The Morgan fingerprint density at radius 1 is 1.20 bits per heavy atom. The molecule has 1 N–H and O–H groups in total. The molecule has 1 amide bonds. The fourth-order valence-electron chi connectivity index (χ4n) is 1.68. The van der Waals surface area contributed by atoms with Gasteiger partial charge >= 0.3 is 0 Å². The smallest absolute Gasteiger partial charge is 0.258 e. The number of carbonyl (C=O) groups excluding carboxylic acids is 1. The summed E-state index contributed by atoms with van der Waals surface area (Å²) in [6.45, 7) is 3.64. The molecule has 2 aromatic heterocycles. The Bertz CT molecular complexity index is 798. The highest BCUT2D eigenvalue weighted by atomic mass is 32.1. The minimum atomic E-state index is -0.259. The third-order valence-corrected chi connectivity index (χ3v) is 3.70. The van der Waals surface area contributed by atoms with E-state index in [1.807, 2.05) is 19.9 Å². The zero-order valence-electron chi connectivity index (χ0n) is 10.9. The lowest BCUT2D eigenvalue weighted by Crippen LogP contribution is -2.15. The third-order valence-electron chi connectivity index (χ3n) is 2.91. The Morgan fingerprint density at radius 3 is 2.85 bits per heavy atom. The van der Waals surface area contributed by atoms with E-state index in [9.17, 15) is 4.79 Å². The van der Waals surface area contributed by atoms with Gasteiger partial charge in [-0.1, -0.05) is 0 Å². The molecule has 2 heterocycles. The first-order chi connectivity index (χ1) is 9.63. The molecule has 0 spiro atoms. The molecule has 0 fully saturated rings. The summed E-state index contributed by atoms with van der Waals surface area (Å²) in [5.74, 6) is -0.0483. The maximum Gasteiger partial charge on any atom is 0.258 e. The number of nitrogens with zero attached hydrogens (tertiary/aromatic N) is 4. The molecule has 100 valence electrons. The number of carbonyl (C=O) groups is 1. The summed E-state index contributed by atoms with van der Waals surface area (Å²) in [6, 6.07) is 5.35. The summed E-state index contributed by atoms with van der Waals surface area (Å²) in [7, 11) is 0. The van der Waals surface area contributed by atoms with Crippen LogP contribution in [0.3, 0.4) is 0 Å². The number of amides is 1. The van der Waals surface area contributed by atoms with E-state index in [1.165, 1.54) is 11.3 Å². The number of hydrogen-bond donors (Lipinski definition) is 1. The summed E-state index contributed by atoms with van der Waals surface area (Å²) in [4.78, 5) is 20.5. The van der Waals surface area contributed by atoms with Crippen LogP contribution in [0.1, 0.15) is 21.7 Å². The van der Waals surface area contributed by atoms with Crippen LogP contribution in [0.25, 0.3) is 10.2 Å². The molecule has 0 saturated carbocycles. The molecule has 0 bridgehead atoms. The first-order valence-corrected chi connectivity index (χ1v) is 6.84. The molecule has 0 saturated heterocycles. The Labute approximate surface area is 118 Å². The van der Waals surface area contributed by atoms with E-state index < -0.39 is 0 Å². The lowest BCUT2D eigenvalue weighted by molar-refractivity contribution is 0.102. The van der Waals surface area contributed by atoms with E-state index in [0.717, 1.165) is 21.6 Å². The van der Waals surface area contributed by atoms with Gasteiger partial charge in [0.05, 0.1) is 27.1 Å². The predicted octanol–water partition coefficient (Wildman–Crippen LogP) is 2.35. The third kappa shape index (κ3) is 2.35. The van der Waals surface area contributed by atoms with Gasteiger partial charge in [0, 0.05) is 5.56 Å². The maximum atomic E-state index is 12.1. The van der Waals surface area contributed by atoms with Crippen molar-refractivity contribution in [1.29, 1.82) is 0 Å². The van der Waals surface area contributed by atoms with Crippen molar-refractivity contribution in [3.63, 3.8) is 0 Å². The second kappa shape index (κ2) is 4.93. The first kappa shape index (κ1) is 12.6. The molecule has 0 aliphatic carbocycles. The van der Waals surface area contributed by atoms with Crippen LogP contribution in [0.2, 0.25) is 0 Å². The lowest BCUT2D eigenvalue weighted by atomic mass is 10.2. The van der Waals surface area contributed by atoms with Crippen LogP contribution in [0.4, 0.5) is 5.95 Å². The van der Waals surface area contributed by atoms with Crippen molar-refractivity contribution < 1.29 is 4.79 Å². The van der Waals surface area contributed by atoms with Crippen LogP contribution in [0.15, 0.2) is 23.7 Å². The number of benzene rings is 1. The van der Waals surface area contributed by atoms with Crippen LogP contribution in [0.5, 0.6) is 0 Å². The van der Waals surface area contributed by atoms with Gasteiger partial charge in [0.1, 0.15) is 0 Å². The van der Waals surface area contributed by atoms with Crippen molar-refractivity contribution in [2.75, 3.05) is 5.32 Å². The van der Waals surface area contributed by atoms with Crippen molar-refractivity contribution in [3.8, 4) is 0 Å². The van der Waals surface area contributed by atoms with Crippen LogP contribution in [-0.2, 0) is 0 Å². The molecule has 0 radical (unpaired) electrons. The van der Waals surface area contributed by atoms with Crippen molar-refractivity contribution in [2.24, 2.45) is 0 Å². The predicted molar refractivity (Wildman–Crippen MR) is 76.9 cm³/mol. The molecular weight excluding hydrogens is 274 g/mol. The largest absolute Gasteiger partial charge is 0.289 e. The average molecular weight is 285 g/mol. The van der Waals surface area contributed by atoms with Crippen LogP contribution in [-0.4, -0.2) is 26.1 Å². The second-order valence-corrected chi connectivity index (χ2v) is 5.18. The number of anilines is 1. The van der Waals surface area contributed by atoms with Gasteiger partial charge in [-0.2, -0.15) is 5.10 Å². The summed E-state index contributed by atoms with van der Waals surface area (Å²) in [5, 5.41) is 10.4. The highest BCUT2D eigenvalue weighted by Crippen LogP contribution is 2.19. The van der Waals surface area contributed by atoms with E-state index in [1.54, 1.807) is 17.6 Å². The van der Waals surface area contributed by atoms with Crippen LogP contribution >= 0.6 is 11.3 Å². The summed E-state index contributed by atoms with van der Waals surface area (Å²) in [5.41, 5.74) is 4.67. The van der Waals surface area contributed by atoms with E-state index >= 15 is 0 Å². The normalized spacial score (nSPS) is 10.7. The number of fused-ring (bicyclic) bond motifs is 1. The highest BCUT2D eigenvalue weighted by molar-refractivity contribution is 7.16. The van der Waals surface area contributed by atoms with Crippen molar-refractivity contribution in [3.05, 3.63) is 40.7 Å². The zero-order chi connectivity index (χ0) is 14.1. The van der Waals surface area contributed by atoms with Gasteiger partial charge in [-0.05, 0) is 32.0 Å². The van der Waals surface area contributed by atoms with Gasteiger partial charge in [0.2, 0.25) is 5.95 Å². The van der Waals surface area contributed by atoms with E-state index in [0.29, 0.717) is 5.56 Å². The van der Waals surface area contributed by atoms with Crippen molar-refractivity contribution in [2.45, 2.75) is 13.8 Å². The van der Waals surface area contributed by atoms with Gasteiger partial charge < -0.3 is 0 Å². The molecule has 3 aromatic rings. The maximum absolute atomic E-state index is 12.1. The number of nitrogens with one attached hydrogen (secondary N) is 1. The van der Waals surface area contributed by atoms with Gasteiger partial charge in [-0.3, -0.25) is 10.1 Å². The number of hydrogen-bond acceptors (Lipinski definition) is 6. The Morgan fingerprint density at radius 2 is 2.05 bits per heavy atom. The van der Waals surface area contributed by atoms with Gasteiger partial charge in [-0.15, -0.1) is 16.4 Å². The van der Waals surface area contributed by atoms with Gasteiger partial charge in [-0.25, -0.2) is 9.97 Å². The SMILES string of the molecule is Cc1nnc(NC(=O)c2ccc3ncsc3c2)nc1C. The number of thiazole rings is 1. The monoisotopic (exact) mass is 285 g/mol. The first-order valence-electron chi connectivity index (χ1n) is 5.96. The highest BCUT2D eigenvalue weighted by Gasteiger charge is 2.10. The van der Waals surface area contributed by atoms with E-state index in [4.69, 9.17) is 0 Å². The molecule has 6 nitrogen and oxygen atoms in total. The lowest BCUT2D eigenvalue weighted by Gasteiger charge is -2.04. The summed E-state index contributed by atoms with van der Waals surface area (Å²) >= 11 is 1.49. The van der Waals surface area contributed by atoms with Gasteiger partial charge in [0.25, 0.3) is 5.91 Å². The average Bonchev–Trinajstić information content (AvgIpc) is 2.90. The van der Waals surface area contributed by atoms with Crippen molar-refractivity contribution in [1.82, 2.24) is 20.2 Å². The van der Waals surface area contributed by atoms with Crippen molar-refractivity contribution >= 4 is 33.4 Å². The Hall–Kier alpha value is -2.41. The molecule has 0 unspecified atom stereocenters. The molecule has 0 atom stereocenters. The minimum absolute atomic E-state index is 0.211. The topological polar surface area (TPSA) is 80.7 Å².